The number of carboxylic acid groups (broad SMARTS) is 1. The van der Waals surface area contributed by atoms with Crippen molar-refractivity contribution in [3.8, 4) is 0 Å². The van der Waals surface area contributed by atoms with E-state index in [-0.39, 0.29) is 11.6 Å². The normalized spacial score (nSPS) is 12.1. The molecule has 88 valence electrons. The van der Waals surface area contributed by atoms with Gasteiger partial charge < -0.3 is 10.4 Å². The summed E-state index contributed by atoms with van der Waals surface area (Å²) in [7, 11) is 0. The lowest BCUT2D eigenvalue weighted by Gasteiger charge is -2.12. The van der Waals surface area contributed by atoms with Crippen LogP contribution in [0.5, 0.6) is 0 Å². The van der Waals surface area contributed by atoms with E-state index < -0.39 is 5.97 Å². The molecule has 0 fully saturated rings. The third-order valence-corrected chi connectivity index (χ3v) is 3.40. The van der Waals surface area contributed by atoms with Gasteiger partial charge >= 0.3 is 5.97 Å². The van der Waals surface area contributed by atoms with E-state index in [4.69, 9.17) is 5.11 Å². The average Bonchev–Trinajstić information content (AvgIpc) is 2.82. The van der Waals surface area contributed by atoms with Crippen molar-refractivity contribution >= 4 is 23.1 Å². The molecule has 0 saturated carbocycles. The molecule has 4 nitrogen and oxygen atoms in total. The van der Waals surface area contributed by atoms with E-state index in [1.807, 2.05) is 24.4 Å². The highest BCUT2D eigenvalue weighted by molar-refractivity contribution is 7.10. The van der Waals surface area contributed by atoms with Gasteiger partial charge in [-0.25, -0.2) is 9.78 Å². The SMILES string of the molecule is CC(Nc1cc(C(=O)O)ccn1)c1cccs1. The van der Waals surface area contributed by atoms with E-state index in [9.17, 15) is 4.79 Å². The molecule has 0 aromatic carbocycles. The number of anilines is 1. The second-order valence-corrected chi connectivity index (χ2v) is 4.60. The number of rotatable bonds is 4. The van der Waals surface area contributed by atoms with E-state index in [0.717, 1.165) is 0 Å². The Bertz CT molecular complexity index is 511. The summed E-state index contributed by atoms with van der Waals surface area (Å²) in [6.45, 7) is 2.01. The zero-order chi connectivity index (χ0) is 12.3. The van der Waals surface area contributed by atoms with Crippen molar-refractivity contribution in [3.05, 3.63) is 46.3 Å². The van der Waals surface area contributed by atoms with Crippen LogP contribution in [0, 0.1) is 0 Å². The van der Waals surface area contributed by atoms with Crippen LogP contribution < -0.4 is 5.32 Å². The van der Waals surface area contributed by atoms with Gasteiger partial charge in [0, 0.05) is 11.1 Å². The van der Waals surface area contributed by atoms with Gasteiger partial charge in [-0.2, -0.15) is 0 Å². The molecule has 0 amide bonds. The van der Waals surface area contributed by atoms with Gasteiger partial charge in [0.1, 0.15) is 5.82 Å². The van der Waals surface area contributed by atoms with Crippen molar-refractivity contribution in [2.75, 3.05) is 5.32 Å². The molecular weight excluding hydrogens is 236 g/mol. The largest absolute Gasteiger partial charge is 0.478 e. The molecule has 2 rings (SSSR count). The Kier molecular flexibility index (Phi) is 3.39. The lowest BCUT2D eigenvalue weighted by Crippen LogP contribution is -2.07. The molecule has 2 aromatic heterocycles. The Labute approximate surface area is 103 Å². The number of carboxylic acids is 1. The smallest absolute Gasteiger partial charge is 0.335 e. The molecule has 0 saturated heterocycles. The van der Waals surface area contributed by atoms with E-state index in [1.54, 1.807) is 11.3 Å². The minimum absolute atomic E-state index is 0.117. The van der Waals surface area contributed by atoms with Crippen LogP contribution in [0.3, 0.4) is 0 Å². The molecule has 0 aliphatic carbocycles. The van der Waals surface area contributed by atoms with E-state index in [2.05, 4.69) is 10.3 Å². The number of thiophene rings is 1. The topological polar surface area (TPSA) is 62.2 Å². The molecule has 2 N–H and O–H groups in total. The van der Waals surface area contributed by atoms with Crippen LogP contribution in [0.2, 0.25) is 0 Å². The Morgan fingerprint density at radius 1 is 1.53 bits per heavy atom. The molecule has 0 aliphatic heterocycles. The minimum atomic E-state index is -0.945. The third-order valence-electron chi connectivity index (χ3n) is 2.34. The summed E-state index contributed by atoms with van der Waals surface area (Å²) in [5, 5.41) is 14.1. The first kappa shape index (κ1) is 11.6. The average molecular weight is 248 g/mol. The maximum absolute atomic E-state index is 10.8. The number of hydrogen-bond donors (Lipinski definition) is 2. The quantitative estimate of drug-likeness (QED) is 0.873. The van der Waals surface area contributed by atoms with Crippen LogP contribution in [-0.4, -0.2) is 16.1 Å². The standard InChI is InChI=1S/C12H12N2O2S/c1-8(10-3-2-6-17-10)14-11-7-9(12(15)16)4-5-13-11/h2-8H,1H3,(H,13,14)(H,15,16). The van der Waals surface area contributed by atoms with Gasteiger partial charge in [-0.05, 0) is 30.5 Å². The maximum Gasteiger partial charge on any atom is 0.335 e. The van der Waals surface area contributed by atoms with Crippen LogP contribution in [0.4, 0.5) is 5.82 Å². The van der Waals surface area contributed by atoms with E-state index in [0.29, 0.717) is 5.82 Å². The fourth-order valence-electron chi connectivity index (χ4n) is 1.47. The molecule has 1 atom stereocenters. The van der Waals surface area contributed by atoms with Gasteiger partial charge in [-0.3, -0.25) is 0 Å². The van der Waals surface area contributed by atoms with Gasteiger partial charge in [0.2, 0.25) is 0 Å². The summed E-state index contributed by atoms with van der Waals surface area (Å²) in [5.41, 5.74) is 0.237. The molecule has 0 aliphatic rings. The molecule has 17 heavy (non-hydrogen) atoms. The van der Waals surface area contributed by atoms with Crippen molar-refractivity contribution in [1.82, 2.24) is 4.98 Å². The fourth-order valence-corrected chi connectivity index (χ4v) is 2.21. The number of carbonyl (C=O) groups is 1. The van der Waals surface area contributed by atoms with Crippen molar-refractivity contribution in [3.63, 3.8) is 0 Å². The van der Waals surface area contributed by atoms with Gasteiger partial charge in [0.25, 0.3) is 0 Å². The Morgan fingerprint density at radius 2 is 2.35 bits per heavy atom. The molecule has 0 bridgehead atoms. The number of pyridine rings is 1. The summed E-state index contributed by atoms with van der Waals surface area (Å²) < 4.78 is 0. The summed E-state index contributed by atoms with van der Waals surface area (Å²) in [6.07, 6.45) is 1.49. The van der Waals surface area contributed by atoms with Crippen molar-refractivity contribution in [2.24, 2.45) is 0 Å². The molecule has 2 heterocycles. The summed E-state index contributed by atoms with van der Waals surface area (Å²) in [5.74, 6) is -0.370. The summed E-state index contributed by atoms with van der Waals surface area (Å²) >= 11 is 1.65. The number of nitrogens with zero attached hydrogens (tertiary/aromatic N) is 1. The molecule has 0 spiro atoms. The van der Waals surface area contributed by atoms with E-state index >= 15 is 0 Å². The molecular formula is C12H12N2O2S. The molecule has 0 radical (unpaired) electrons. The van der Waals surface area contributed by atoms with Gasteiger partial charge in [0.05, 0.1) is 11.6 Å². The van der Waals surface area contributed by atoms with Crippen LogP contribution >= 0.6 is 11.3 Å². The zero-order valence-corrected chi connectivity index (χ0v) is 10.1. The number of hydrogen-bond acceptors (Lipinski definition) is 4. The first-order chi connectivity index (χ1) is 8.16. The maximum atomic E-state index is 10.8. The van der Waals surface area contributed by atoms with Crippen molar-refractivity contribution < 1.29 is 9.90 Å². The number of nitrogens with one attached hydrogen (secondary N) is 1. The lowest BCUT2D eigenvalue weighted by molar-refractivity contribution is 0.0697. The predicted molar refractivity (Wildman–Crippen MR) is 67.6 cm³/mol. The number of aromatic nitrogens is 1. The van der Waals surface area contributed by atoms with Gasteiger partial charge in [0.15, 0.2) is 0 Å². The summed E-state index contributed by atoms with van der Waals surface area (Å²) in [4.78, 5) is 16.1. The lowest BCUT2D eigenvalue weighted by atomic mass is 10.2. The van der Waals surface area contributed by atoms with Crippen molar-refractivity contribution in [2.45, 2.75) is 13.0 Å². The third kappa shape index (κ3) is 2.82. The predicted octanol–water partition coefficient (Wildman–Crippen LogP) is 3.01. The highest BCUT2D eigenvalue weighted by atomic mass is 32.1. The van der Waals surface area contributed by atoms with E-state index in [1.165, 1.54) is 23.2 Å². The van der Waals surface area contributed by atoms with Gasteiger partial charge in [-0.15, -0.1) is 11.3 Å². The first-order valence-electron chi connectivity index (χ1n) is 5.16. The first-order valence-corrected chi connectivity index (χ1v) is 6.04. The van der Waals surface area contributed by atoms with Crippen LogP contribution in [-0.2, 0) is 0 Å². The number of aromatic carboxylic acids is 1. The second-order valence-electron chi connectivity index (χ2n) is 3.62. The minimum Gasteiger partial charge on any atom is -0.478 e. The van der Waals surface area contributed by atoms with Crippen LogP contribution in [0.25, 0.3) is 0 Å². The fraction of sp³-hybridized carbons (Fsp3) is 0.167. The molecule has 1 unspecified atom stereocenters. The summed E-state index contributed by atoms with van der Waals surface area (Å²) in [6, 6.07) is 7.14. The Hall–Kier alpha value is -1.88. The highest BCUT2D eigenvalue weighted by Gasteiger charge is 2.08. The molecule has 5 heteroatoms. The van der Waals surface area contributed by atoms with Crippen LogP contribution in [0.1, 0.15) is 28.2 Å². The second kappa shape index (κ2) is 4.97. The van der Waals surface area contributed by atoms with Crippen molar-refractivity contribution in [1.29, 1.82) is 0 Å². The Balaban J connectivity index is 2.13. The monoisotopic (exact) mass is 248 g/mol. The highest BCUT2D eigenvalue weighted by Crippen LogP contribution is 2.22. The molecule has 2 aromatic rings. The Morgan fingerprint density at radius 3 is 3.00 bits per heavy atom. The van der Waals surface area contributed by atoms with Gasteiger partial charge in [-0.1, -0.05) is 6.07 Å². The zero-order valence-electron chi connectivity index (χ0n) is 9.25. The van der Waals surface area contributed by atoms with Crippen LogP contribution in [0.15, 0.2) is 35.8 Å².